The average molecular weight is 203 g/mol. The smallest absolute Gasteiger partial charge is 0.0880 e. The largest absolute Gasteiger partial charge is 0.543 e. The van der Waals surface area contributed by atoms with E-state index in [9.17, 15) is 9.90 Å². The minimum atomic E-state index is -1.16. The molecular weight excluding hydrogens is 198 g/mol. The van der Waals surface area contributed by atoms with Crippen LogP contribution in [0.4, 0.5) is 0 Å². The van der Waals surface area contributed by atoms with Gasteiger partial charge in [-0.15, -0.1) is 0 Å². The summed E-state index contributed by atoms with van der Waals surface area (Å²) in [6.45, 7) is 0. The molecule has 0 atom stereocenters. The number of carboxylic acids is 1. The standard InChI is InChI=1S/C6H6BrNO2/c1-8-4(6(9)10)2-3-5(8)7/h2-3H,1H3,(H,9,10)/p-1. The predicted octanol–water partition coefficient (Wildman–Crippen LogP) is 0.151. The molecular formula is C6H5BrNO2-. The van der Waals surface area contributed by atoms with Gasteiger partial charge in [-0.25, -0.2) is 0 Å². The second kappa shape index (κ2) is 2.46. The molecule has 0 fully saturated rings. The van der Waals surface area contributed by atoms with Gasteiger partial charge >= 0.3 is 0 Å². The fourth-order valence-corrected chi connectivity index (χ4v) is 1.01. The van der Waals surface area contributed by atoms with Crippen molar-refractivity contribution in [3.63, 3.8) is 0 Å². The van der Waals surface area contributed by atoms with Gasteiger partial charge in [0.2, 0.25) is 0 Å². The van der Waals surface area contributed by atoms with Crippen molar-refractivity contribution >= 4 is 21.9 Å². The number of rotatable bonds is 1. The fraction of sp³-hybridized carbons (Fsp3) is 0.167. The van der Waals surface area contributed by atoms with Crippen LogP contribution in [0.2, 0.25) is 0 Å². The van der Waals surface area contributed by atoms with E-state index in [-0.39, 0.29) is 5.69 Å². The highest BCUT2D eigenvalue weighted by Gasteiger charge is 2.00. The highest BCUT2D eigenvalue weighted by Crippen LogP contribution is 2.12. The number of halogens is 1. The van der Waals surface area contributed by atoms with E-state index in [0.717, 1.165) is 4.60 Å². The van der Waals surface area contributed by atoms with Crippen molar-refractivity contribution in [3.8, 4) is 0 Å². The molecule has 0 saturated heterocycles. The van der Waals surface area contributed by atoms with E-state index in [2.05, 4.69) is 15.9 Å². The Balaban J connectivity index is 3.17. The Kier molecular flexibility index (Phi) is 1.80. The molecule has 10 heavy (non-hydrogen) atoms. The van der Waals surface area contributed by atoms with Crippen LogP contribution >= 0.6 is 15.9 Å². The molecule has 1 aromatic rings. The summed E-state index contributed by atoms with van der Waals surface area (Å²) < 4.78 is 2.22. The molecule has 0 radical (unpaired) electrons. The summed E-state index contributed by atoms with van der Waals surface area (Å²) in [4.78, 5) is 10.3. The van der Waals surface area contributed by atoms with Crippen LogP contribution in [-0.4, -0.2) is 10.5 Å². The third-order valence-electron chi connectivity index (χ3n) is 1.27. The van der Waals surface area contributed by atoms with Gasteiger partial charge < -0.3 is 14.5 Å². The summed E-state index contributed by atoms with van der Waals surface area (Å²) in [6.07, 6.45) is 0. The van der Waals surface area contributed by atoms with Gasteiger partial charge in [0.05, 0.1) is 16.3 Å². The third-order valence-corrected chi connectivity index (χ3v) is 2.07. The first-order valence-electron chi connectivity index (χ1n) is 2.65. The molecule has 0 spiro atoms. The fourth-order valence-electron chi connectivity index (χ4n) is 0.691. The van der Waals surface area contributed by atoms with Crippen LogP contribution in [0.1, 0.15) is 10.5 Å². The number of nitrogens with zero attached hydrogens (tertiary/aromatic N) is 1. The van der Waals surface area contributed by atoms with Crippen LogP contribution in [0.25, 0.3) is 0 Å². The molecule has 1 heterocycles. The van der Waals surface area contributed by atoms with Gasteiger partial charge in [-0.1, -0.05) is 0 Å². The van der Waals surface area contributed by atoms with Crippen molar-refractivity contribution in [1.82, 2.24) is 4.57 Å². The van der Waals surface area contributed by atoms with E-state index in [0.29, 0.717) is 0 Å². The molecule has 0 aliphatic carbocycles. The lowest BCUT2D eigenvalue weighted by atomic mass is 10.4. The van der Waals surface area contributed by atoms with Crippen LogP contribution in [0.3, 0.4) is 0 Å². The molecule has 0 aliphatic heterocycles. The van der Waals surface area contributed by atoms with Crippen LogP contribution in [0, 0.1) is 0 Å². The van der Waals surface area contributed by atoms with E-state index in [1.54, 1.807) is 13.1 Å². The second-order valence-corrected chi connectivity index (χ2v) is 2.70. The zero-order chi connectivity index (χ0) is 7.72. The van der Waals surface area contributed by atoms with Crippen LogP contribution < -0.4 is 5.11 Å². The van der Waals surface area contributed by atoms with E-state index in [1.165, 1.54) is 10.6 Å². The zero-order valence-corrected chi connectivity index (χ0v) is 6.88. The number of aromatic carboxylic acids is 1. The number of carboxylic acid groups (broad SMARTS) is 1. The molecule has 1 aromatic heterocycles. The summed E-state index contributed by atoms with van der Waals surface area (Å²) in [5, 5.41) is 10.3. The van der Waals surface area contributed by atoms with Crippen LogP contribution in [0.15, 0.2) is 16.7 Å². The Labute approximate surface area is 66.4 Å². The van der Waals surface area contributed by atoms with Crippen molar-refractivity contribution in [2.24, 2.45) is 7.05 Å². The third kappa shape index (κ3) is 1.07. The van der Waals surface area contributed by atoms with Crippen molar-refractivity contribution < 1.29 is 9.90 Å². The van der Waals surface area contributed by atoms with Crippen molar-refractivity contribution in [2.75, 3.05) is 0 Å². The van der Waals surface area contributed by atoms with Crippen LogP contribution in [-0.2, 0) is 7.05 Å². The lowest BCUT2D eigenvalue weighted by Gasteiger charge is -2.03. The summed E-state index contributed by atoms with van der Waals surface area (Å²) in [5.41, 5.74) is 0.173. The number of aromatic nitrogens is 1. The average Bonchev–Trinajstić information content (AvgIpc) is 2.14. The maximum Gasteiger partial charge on any atom is 0.0880 e. The molecule has 1 rings (SSSR count). The SMILES string of the molecule is Cn1c(Br)ccc1C(=O)[O-]. The van der Waals surface area contributed by atoms with E-state index >= 15 is 0 Å². The zero-order valence-electron chi connectivity index (χ0n) is 5.30. The molecule has 0 aliphatic rings. The van der Waals surface area contributed by atoms with Gasteiger partial charge in [-0.2, -0.15) is 0 Å². The first-order chi connectivity index (χ1) is 4.63. The number of carbonyl (C=O) groups excluding carboxylic acids is 1. The molecule has 0 aromatic carbocycles. The van der Waals surface area contributed by atoms with Crippen molar-refractivity contribution in [3.05, 3.63) is 22.4 Å². The maximum absolute atomic E-state index is 10.3. The summed E-state index contributed by atoms with van der Waals surface area (Å²) in [5.74, 6) is -1.16. The van der Waals surface area contributed by atoms with Gasteiger partial charge in [0.1, 0.15) is 0 Å². The maximum atomic E-state index is 10.3. The molecule has 0 unspecified atom stereocenters. The molecule has 0 bridgehead atoms. The number of carbonyl (C=O) groups is 1. The Hall–Kier alpha value is -0.770. The Morgan fingerprint density at radius 1 is 1.70 bits per heavy atom. The van der Waals surface area contributed by atoms with E-state index in [4.69, 9.17) is 0 Å². The minimum Gasteiger partial charge on any atom is -0.543 e. The Morgan fingerprint density at radius 3 is 2.50 bits per heavy atom. The number of hydrogen-bond acceptors (Lipinski definition) is 2. The highest BCUT2D eigenvalue weighted by molar-refractivity contribution is 9.10. The first-order valence-corrected chi connectivity index (χ1v) is 3.45. The summed E-state index contributed by atoms with van der Waals surface area (Å²) >= 11 is 3.16. The normalized spacial score (nSPS) is 9.80. The molecule has 0 N–H and O–H groups in total. The summed E-state index contributed by atoms with van der Waals surface area (Å²) in [7, 11) is 1.65. The Morgan fingerprint density at radius 2 is 2.30 bits per heavy atom. The molecule has 0 amide bonds. The van der Waals surface area contributed by atoms with Gasteiger partial charge in [0.15, 0.2) is 0 Å². The quantitative estimate of drug-likeness (QED) is 0.652. The molecule has 54 valence electrons. The lowest BCUT2D eigenvalue weighted by Crippen LogP contribution is -2.24. The molecule has 4 heteroatoms. The second-order valence-electron chi connectivity index (χ2n) is 1.89. The highest BCUT2D eigenvalue weighted by atomic mass is 79.9. The minimum absolute atomic E-state index is 0.173. The lowest BCUT2D eigenvalue weighted by molar-refractivity contribution is -0.255. The monoisotopic (exact) mass is 202 g/mol. The van der Waals surface area contributed by atoms with Gasteiger partial charge in [-0.3, -0.25) is 0 Å². The van der Waals surface area contributed by atoms with E-state index in [1.807, 2.05) is 0 Å². The van der Waals surface area contributed by atoms with Crippen molar-refractivity contribution in [1.29, 1.82) is 0 Å². The topological polar surface area (TPSA) is 45.1 Å². The van der Waals surface area contributed by atoms with Crippen molar-refractivity contribution in [2.45, 2.75) is 0 Å². The van der Waals surface area contributed by atoms with Gasteiger partial charge in [-0.05, 0) is 28.1 Å². The molecule has 0 saturated carbocycles. The van der Waals surface area contributed by atoms with Crippen LogP contribution in [0.5, 0.6) is 0 Å². The van der Waals surface area contributed by atoms with Gasteiger partial charge in [0, 0.05) is 7.05 Å². The number of hydrogen-bond donors (Lipinski definition) is 0. The predicted molar refractivity (Wildman–Crippen MR) is 37.4 cm³/mol. The Bertz CT molecular complexity index is 267. The van der Waals surface area contributed by atoms with Gasteiger partial charge in [0.25, 0.3) is 0 Å². The molecule has 3 nitrogen and oxygen atoms in total. The van der Waals surface area contributed by atoms with E-state index < -0.39 is 5.97 Å². The first kappa shape index (κ1) is 7.34. The summed E-state index contributed by atoms with van der Waals surface area (Å²) in [6, 6.07) is 3.14.